The van der Waals surface area contributed by atoms with Crippen LogP contribution in [0.4, 0.5) is 11.6 Å². The predicted molar refractivity (Wildman–Crippen MR) is 70.0 cm³/mol. The van der Waals surface area contributed by atoms with Gasteiger partial charge < -0.3 is 5.32 Å². The number of amides is 1. The summed E-state index contributed by atoms with van der Waals surface area (Å²) in [6.45, 7) is 0. The summed E-state index contributed by atoms with van der Waals surface area (Å²) in [6.07, 6.45) is 1.37. The molecule has 0 aliphatic carbocycles. The molecule has 0 bridgehead atoms. The SMILES string of the molecule is CNc1ccc(Cl)cc1C(=O)Nc1ncnn1C. The lowest BCUT2D eigenvalue weighted by Gasteiger charge is -2.09. The molecule has 1 amide bonds. The molecule has 0 spiro atoms. The molecule has 94 valence electrons. The van der Waals surface area contributed by atoms with E-state index in [1.807, 2.05) is 0 Å². The van der Waals surface area contributed by atoms with Crippen LogP contribution in [0, 0.1) is 0 Å². The highest BCUT2D eigenvalue weighted by molar-refractivity contribution is 6.31. The van der Waals surface area contributed by atoms with Crippen LogP contribution in [0.2, 0.25) is 5.02 Å². The van der Waals surface area contributed by atoms with Crippen LogP contribution in [-0.4, -0.2) is 27.7 Å². The number of halogens is 1. The quantitative estimate of drug-likeness (QED) is 0.887. The molecule has 0 aliphatic heterocycles. The fraction of sp³-hybridized carbons (Fsp3) is 0.182. The largest absolute Gasteiger partial charge is 0.387 e. The van der Waals surface area contributed by atoms with Crippen LogP contribution in [0.15, 0.2) is 24.5 Å². The third-order valence-electron chi connectivity index (χ3n) is 2.43. The summed E-state index contributed by atoms with van der Waals surface area (Å²) >= 11 is 5.89. The monoisotopic (exact) mass is 265 g/mol. The van der Waals surface area contributed by atoms with Crippen molar-refractivity contribution in [2.75, 3.05) is 17.7 Å². The average Bonchev–Trinajstić information content (AvgIpc) is 2.75. The van der Waals surface area contributed by atoms with Crippen molar-refractivity contribution in [3.63, 3.8) is 0 Å². The highest BCUT2D eigenvalue weighted by atomic mass is 35.5. The molecule has 0 saturated heterocycles. The molecule has 0 fully saturated rings. The number of benzene rings is 1. The lowest BCUT2D eigenvalue weighted by molar-refractivity contribution is 0.102. The van der Waals surface area contributed by atoms with Crippen molar-refractivity contribution >= 4 is 29.1 Å². The second-order valence-electron chi connectivity index (χ2n) is 3.60. The van der Waals surface area contributed by atoms with Gasteiger partial charge in [0.05, 0.1) is 5.56 Å². The van der Waals surface area contributed by atoms with Crippen molar-refractivity contribution in [1.82, 2.24) is 14.8 Å². The van der Waals surface area contributed by atoms with E-state index < -0.39 is 0 Å². The number of carbonyl (C=O) groups is 1. The summed E-state index contributed by atoms with van der Waals surface area (Å²) in [6, 6.07) is 5.06. The lowest BCUT2D eigenvalue weighted by Crippen LogP contribution is -2.16. The minimum atomic E-state index is -0.294. The molecule has 1 heterocycles. The zero-order chi connectivity index (χ0) is 13.1. The number of anilines is 2. The van der Waals surface area contributed by atoms with Gasteiger partial charge in [0.15, 0.2) is 0 Å². The smallest absolute Gasteiger partial charge is 0.260 e. The summed E-state index contributed by atoms with van der Waals surface area (Å²) in [5.74, 6) is 0.0833. The Bertz CT molecular complexity index is 581. The second kappa shape index (κ2) is 5.05. The van der Waals surface area contributed by atoms with Gasteiger partial charge in [0.2, 0.25) is 5.95 Å². The number of aromatic nitrogens is 3. The Hall–Kier alpha value is -2.08. The third kappa shape index (κ3) is 2.43. The Balaban J connectivity index is 2.29. The van der Waals surface area contributed by atoms with Crippen molar-refractivity contribution < 1.29 is 4.79 Å². The molecule has 0 radical (unpaired) electrons. The zero-order valence-electron chi connectivity index (χ0n) is 9.94. The lowest BCUT2D eigenvalue weighted by atomic mass is 10.1. The number of hydrogen-bond acceptors (Lipinski definition) is 4. The van der Waals surface area contributed by atoms with E-state index in [4.69, 9.17) is 11.6 Å². The van der Waals surface area contributed by atoms with Crippen molar-refractivity contribution in [2.24, 2.45) is 7.05 Å². The highest BCUT2D eigenvalue weighted by Crippen LogP contribution is 2.21. The van der Waals surface area contributed by atoms with Gasteiger partial charge in [-0.15, -0.1) is 0 Å². The first-order valence-corrected chi connectivity index (χ1v) is 5.62. The molecule has 7 heteroatoms. The molecular weight excluding hydrogens is 254 g/mol. The van der Waals surface area contributed by atoms with Crippen LogP contribution >= 0.6 is 11.6 Å². The molecule has 2 aromatic rings. The summed E-state index contributed by atoms with van der Waals surface area (Å²) in [5.41, 5.74) is 1.15. The molecule has 0 saturated carbocycles. The van der Waals surface area contributed by atoms with Gasteiger partial charge in [0.1, 0.15) is 6.33 Å². The van der Waals surface area contributed by atoms with Crippen molar-refractivity contribution in [1.29, 1.82) is 0 Å². The number of nitrogens with one attached hydrogen (secondary N) is 2. The minimum absolute atomic E-state index is 0.294. The third-order valence-corrected chi connectivity index (χ3v) is 2.67. The maximum absolute atomic E-state index is 12.1. The number of rotatable bonds is 3. The van der Waals surface area contributed by atoms with Gasteiger partial charge in [0.25, 0.3) is 5.91 Å². The maximum Gasteiger partial charge on any atom is 0.260 e. The Morgan fingerprint density at radius 1 is 1.44 bits per heavy atom. The summed E-state index contributed by atoms with van der Waals surface area (Å²) in [7, 11) is 3.43. The van der Waals surface area contributed by atoms with Gasteiger partial charge in [-0.2, -0.15) is 10.1 Å². The molecule has 1 aromatic carbocycles. The standard InChI is InChI=1S/C11H12ClN5O/c1-13-9-4-3-7(12)5-8(9)10(18)16-11-14-6-15-17(11)2/h3-6,13H,1-2H3,(H,14,15,16,18). The van der Waals surface area contributed by atoms with Gasteiger partial charge in [0, 0.05) is 24.8 Å². The number of aryl methyl sites for hydroxylation is 1. The van der Waals surface area contributed by atoms with Crippen LogP contribution in [0.25, 0.3) is 0 Å². The van der Waals surface area contributed by atoms with E-state index >= 15 is 0 Å². The Labute approximate surface area is 109 Å². The Morgan fingerprint density at radius 3 is 2.83 bits per heavy atom. The van der Waals surface area contributed by atoms with E-state index in [-0.39, 0.29) is 5.91 Å². The summed E-state index contributed by atoms with van der Waals surface area (Å²) < 4.78 is 1.47. The van der Waals surface area contributed by atoms with Crippen molar-refractivity contribution in [2.45, 2.75) is 0 Å². The van der Waals surface area contributed by atoms with Gasteiger partial charge in [-0.3, -0.25) is 10.1 Å². The Kier molecular flexibility index (Phi) is 3.47. The van der Waals surface area contributed by atoms with Crippen LogP contribution in [0.1, 0.15) is 10.4 Å². The number of carbonyl (C=O) groups excluding carboxylic acids is 1. The maximum atomic E-state index is 12.1. The average molecular weight is 266 g/mol. The normalized spacial score (nSPS) is 10.2. The highest BCUT2D eigenvalue weighted by Gasteiger charge is 2.13. The van der Waals surface area contributed by atoms with Gasteiger partial charge in [-0.1, -0.05) is 11.6 Å². The molecule has 2 rings (SSSR count). The van der Waals surface area contributed by atoms with E-state index in [1.165, 1.54) is 11.0 Å². The molecule has 0 aliphatic rings. The number of nitrogens with zero attached hydrogens (tertiary/aromatic N) is 3. The summed E-state index contributed by atoms with van der Waals surface area (Å²) in [5, 5.41) is 9.97. The second-order valence-corrected chi connectivity index (χ2v) is 4.04. The summed E-state index contributed by atoms with van der Waals surface area (Å²) in [4.78, 5) is 16.0. The predicted octanol–water partition coefficient (Wildman–Crippen LogP) is 1.76. The number of hydrogen-bond donors (Lipinski definition) is 2. The molecular formula is C11H12ClN5O. The van der Waals surface area contributed by atoms with E-state index in [9.17, 15) is 4.79 Å². The van der Waals surface area contributed by atoms with Gasteiger partial charge >= 0.3 is 0 Å². The molecule has 0 unspecified atom stereocenters. The molecule has 6 nitrogen and oxygen atoms in total. The fourth-order valence-electron chi connectivity index (χ4n) is 1.50. The molecule has 1 aromatic heterocycles. The molecule has 18 heavy (non-hydrogen) atoms. The fourth-order valence-corrected chi connectivity index (χ4v) is 1.67. The first kappa shape index (κ1) is 12.4. The van der Waals surface area contributed by atoms with Gasteiger partial charge in [-0.25, -0.2) is 4.68 Å². The zero-order valence-corrected chi connectivity index (χ0v) is 10.7. The Morgan fingerprint density at radius 2 is 2.22 bits per heavy atom. The first-order chi connectivity index (χ1) is 8.61. The van der Waals surface area contributed by atoms with E-state index in [2.05, 4.69) is 20.7 Å². The van der Waals surface area contributed by atoms with E-state index in [1.54, 1.807) is 32.3 Å². The van der Waals surface area contributed by atoms with Crippen LogP contribution in [0.3, 0.4) is 0 Å². The first-order valence-electron chi connectivity index (χ1n) is 5.24. The molecule has 2 N–H and O–H groups in total. The topological polar surface area (TPSA) is 71.8 Å². The van der Waals surface area contributed by atoms with Crippen LogP contribution in [0.5, 0.6) is 0 Å². The van der Waals surface area contributed by atoms with Crippen LogP contribution in [-0.2, 0) is 7.05 Å². The van der Waals surface area contributed by atoms with Crippen molar-refractivity contribution in [3.05, 3.63) is 35.1 Å². The van der Waals surface area contributed by atoms with Crippen LogP contribution < -0.4 is 10.6 Å². The van der Waals surface area contributed by atoms with Crippen molar-refractivity contribution in [3.8, 4) is 0 Å². The van der Waals surface area contributed by atoms with E-state index in [0.29, 0.717) is 22.2 Å². The minimum Gasteiger partial charge on any atom is -0.387 e. The molecule has 0 atom stereocenters. The van der Waals surface area contributed by atoms with E-state index in [0.717, 1.165) is 0 Å². The van der Waals surface area contributed by atoms with Gasteiger partial charge in [-0.05, 0) is 18.2 Å².